The zero-order chi connectivity index (χ0) is 20.1. The topological polar surface area (TPSA) is 60.7 Å². The Balaban J connectivity index is 2.36. The molecular formula is C25H26O3. The molecule has 0 saturated carbocycles. The van der Waals surface area contributed by atoms with Crippen molar-refractivity contribution < 1.29 is 15.3 Å². The van der Waals surface area contributed by atoms with Crippen LogP contribution in [0.3, 0.4) is 0 Å². The maximum absolute atomic E-state index is 11.6. The van der Waals surface area contributed by atoms with Gasteiger partial charge in [-0.25, -0.2) is 0 Å². The van der Waals surface area contributed by atoms with Gasteiger partial charge < -0.3 is 15.3 Å². The standard InChI is InChI=1S/C25H26O3/c1-18(2)22(26)23(27)24(28)25(19-12-6-3-7-13-19,20-14-8-4-9-15-20)21-16-10-5-11-17-21/h3-17,23-24,26-28H,1-2H3. The molecule has 0 amide bonds. The van der Waals surface area contributed by atoms with Crippen molar-refractivity contribution in [2.75, 3.05) is 0 Å². The van der Waals surface area contributed by atoms with Gasteiger partial charge in [-0.1, -0.05) is 91.0 Å². The molecule has 28 heavy (non-hydrogen) atoms. The van der Waals surface area contributed by atoms with E-state index in [9.17, 15) is 15.3 Å². The largest absolute Gasteiger partial charge is 0.510 e. The Bertz CT molecular complexity index is 817. The number of aliphatic hydroxyl groups is 3. The Hall–Kier alpha value is -2.88. The molecule has 3 aromatic carbocycles. The second-order valence-corrected chi connectivity index (χ2v) is 7.18. The maximum atomic E-state index is 11.6. The number of hydrogen-bond acceptors (Lipinski definition) is 3. The van der Waals surface area contributed by atoms with E-state index in [2.05, 4.69) is 0 Å². The summed E-state index contributed by atoms with van der Waals surface area (Å²) in [6.07, 6.45) is -2.75. The normalized spacial score (nSPS) is 13.6. The molecule has 0 aliphatic carbocycles. The van der Waals surface area contributed by atoms with E-state index in [1.54, 1.807) is 13.8 Å². The second kappa shape index (κ2) is 8.42. The Morgan fingerprint density at radius 1 is 0.643 bits per heavy atom. The van der Waals surface area contributed by atoms with Crippen molar-refractivity contribution >= 4 is 0 Å². The first-order valence-corrected chi connectivity index (χ1v) is 9.38. The van der Waals surface area contributed by atoms with Crippen LogP contribution in [0.25, 0.3) is 0 Å². The fourth-order valence-corrected chi connectivity index (χ4v) is 3.80. The van der Waals surface area contributed by atoms with Crippen molar-refractivity contribution in [3.63, 3.8) is 0 Å². The van der Waals surface area contributed by atoms with E-state index < -0.39 is 17.6 Å². The Morgan fingerprint density at radius 3 is 1.25 bits per heavy atom. The molecule has 3 N–H and O–H groups in total. The van der Waals surface area contributed by atoms with Gasteiger partial charge in [0.25, 0.3) is 0 Å². The quantitative estimate of drug-likeness (QED) is 0.437. The summed E-state index contributed by atoms with van der Waals surface area (Å²) in [5.41, 5.74) is 2.00. The van der Waals surface area contributed by atoms with Crippen molar-refractivity contribution in [2.45, 2.75) is 31.5 Å². The highest BCUT2D eigenvalue weighted by molar-refractivity contribution is 5.52. The Morgan fingerprint density at radius 2 is 0.964 bits per heavy atom. The molecule has 3 heteroatoms. The summed E-state index contributed by atoms with van der Waals surface area (Å²) in [7, 11) is 0. The van der Waals surface area contributed by atoms with Gasteiger partial charge in [-0.2, -0.15) is 0 Å². The lowest BCUT2D eigenvalue weighted by atomic mass is 9.64. The van der Waals surface area contributed by atoms with Crippen molar-refractivity contribution in [3.8, 4) is 0 Å². The Labute approximate surface area is 166 Å². The smallest absolute Gasteiger partial charge is 0.138 e. The van der Waals surface area contributed by atoms with Crippen LogP contribution in [-0.4, -0.2) is 27.5 Å². The third kappa shape index (κ3) is 3.47. The molecule has 3 rings (SSSR count). The van der Waals surface area contributed by atoms with E-state index in [1.807, 2.05) is 91.0 Å². The van der Waals surface area contributed by atoms with Gasteiger partial charge in [0, 0.05) is 0 Å². The van der Waals surface area contributed by atoms with E-state index in [1.165, 1.54) is 0 Å². The van der Waals surface area contributed by atoms with Crippen LogP contribution in [0.5, 0.6) is 0 Å². The van der Waals surface area contributed by atoms with Crippen LogP contribution in [0.2, 0.25) is 0 Å². The molecule has 0 fully saturated rings. The third-order valence-corrected chi connectivity index (χ3v) is 5.22. The number of aliphatic hydroxyl groups excluding tert-OH is 3. The molecule has 0 bridgehead atoms. The van der Waals surface area contributed by atoms with E-state index in [0.717, 1.165) is 16.7 Å². The summed E-state index contributed by atoms with van der Waals surface area (Å²) in [5.74, 6) is -0.209. The molecule has 0 aliphatic heterocycles. The van der Waals surface area contributed by atoms with Crippen LogP contribution in [0.4, 0.5) is 0 Å². The van der Waals surface area contributed by atoms with Crippen LogP contribution < -0.4 is 0 Å². The third-order valence-electron chi connectivity index (χ3n) is 5.22. The van der Waals surface area contributed by atoms with Gasteiger partial charge in [0.15, 0.2) is 0 Å². The van der Waals surface area contributed by atoms with E-state index >= 15 is 0 Å². The van der Waals surface area contributed by atoms with E-state index in [-0.39, 0.29) is 5.76 Å². The average molecular weight is 374 g/mol. The minimum Gasteiger partial charge on any atom is -0.510 e. The maximum Gasteiger partial charge on any atom is 0.138 e. The number of allylic oxidation sites excluding steroid dienone is 1. The van der Waals surface area contributed by atoms with Crippen molar-refractivity contribution in [1.29, 1.82) is 0 Å². The fourth-order valence-electron chi connectivity index (χ4n) is 3.80. The van der Waals surface area contributed by atoms with E-state index in [0.29, 0.717) is 5.57 Å². The van der Waals surface area contributed by atoms with Gasteiger partial charge in [0.1, 0.15) is 18.0 Å². The molecule has 0 saturated heterocycles. The van der Waals surface area contributed by atoms with Crippen LogP contribution >= 0.6 is 0 Å². The lowest BCUT2D eigenvalue weighted by Gasteiger charge is -2.42. The van der Waals surface area contributed by atoms with Gasteiger partial charge >= 0.3 is 0 Å². The summed E-state index contributed by atoms with van der Waals surface area (Å²) in [6.45, 7) is 3.42. The molecule has 0 aliphatic rings. The average Bonchev–Trinajstić information content (AvgIpc) is 2.75. The minimum absolute atomic E-state index is 0.209. The molecule has 2 atom stereocenters. The molecular weight excluding hydrogens is 348 g/mol. The first-order valence-electron chi connectivity index (χ1n) is 9.38. The molecule has 3 nitrogen and oxygen atoms in total. The predicted molar refractivity (Wildman–Crippen MR) is 112 cm³/mol. The summed E-state index contributed by atoms with van der Waals surface area (Å²) in [5, 5.41) is 32.9. The highest BCUT2D eigenvalue weighted by atomic mass is 16.4. The van der Waals surface area contributed by atoms with Crippen LogP contribution in [-0.2, 0) is 5.41 Å². The second-order valence-electron chi connectivity index (χ2n) is 7.18. The van der Waals surface area contributed by atoms with E-state index in [4.69, 9.17) is 0 Å². The summed E-state index contributed by atoms with van der Waals surface area (Å²) in [4.78, 5) is 0. The molecule has 0 spiro atoms. The zero-order valence-electron chi connectivity index (χ0n) is 16.2. The highest BCUT2D eigenvalue weighted by Gasteiger charge is 2.47. The van der Waals surface area contributed by atoms with Gasteiger partial charge in [-0.3, -0.25) is 0 Å². The number of benzene rings is 3. The molecule has 0 radical (unpaired) electrons. The number of hydrogen-bond donors (Lipinski definition) is 3. The molecule has 3 aromatic rings. The molecule has 0 aromatic heterocycles. The molecule has 2 unspecified atom stereocenters. The SMILES string of the molecule is CC(C)=C(O)C(O)C(O)C(c1ccccc1)(c1ccccc1)c1ccccc1. The lowest BCUT2D eigenvalue weighted by Crippen LogP contribution is -2.49. The Kier molecular flexibility index (Phi) is 5.98. The van der Waals surface area contributed by atoms with Crippen molar-refractivity contribution in [3.05, 3.63) is 119 Å². The van der Waals surface area contributed by atoms with Gasteiger partial charge in [-0.15, -0.1) is 0 Å². The van der Waals surface area contributed by atoms with Crippen LogP contribution in [0, 0.1) is 0 Å². The highest BCUT2D eigenvalue weighted by Crippen LogP contribution is 2.44. The molecule has 144 valence electrons. The monoisotopic (exact) mass is 374 g/mol. The van der Waals surface area contributed by atoms with Gasteiger partial charge in [0.2, 0.25) is 0 Å². The molecule has 0 heterocycles. The summed E-state index contributed by atoms with van der Waals surface area (Å²) >= 11 is 0. The first kappa shape index (κ1) is 19.9. The van der Waals surface area contributed by atoms with Gasteiger partial charge in [-0.05, 0) is 36.1 Å². The van der Waals surface area contributed by atoms with Crippen LogP contribution in [0.15, 0.2) is 102 Å². The predicted octanol–water partition coefficient (Wildman–Crippen LogP) is 4.59. The summed E-state index contributed by atoms with van der Waals surface area (Å²) in [6, 6.07) is 28.9. The first-order chi connectivity index (χ1) is 13.5. The van der Waals surface area contributed by atoms with Gasteiger partial charge in [0.05, 0.1) is 5.41 Å². The zero-order valence-corrected chi connectivity index (χ0v) is 16.2. The van der Waals surface area contributed by atoms with Crippen LogP contribution in [0.1, 0.15) is 30.5 Å². The van der Waals surface area contributed by atoms with Crippen molar-refractivity contribution in [1.82, 2.24) is 0 Å². The lowest BCUT2D eigenvalue weighted by molar-refractivity contribution is -0.0106. The summed E-state index contributed by atoms with van der Waals surface area (Å²) < 4.78 is 0. The minimum atomic E-state index is -1.44. The fraction of sp³-hybridized carbons (Fsp3) is 0.200. The van der Waals surface area contributed by atoms with Crippen molar-refractivity contribution in [2.24, 2.45) is 0 Å². The number of rotatable bonds is 6.